The quantitative estimate of drug-likeness (QED) is 0.765. The Labute approximate surface area is 175 Å². The smallest absolute Gasteiger partial charge is 0.253 e. The number of benzene rings is 2. The highest BCUT2D eigenvalue weighted by Crippen LogP contribution is 2.22. The summed E-state index contributed by atoms with van der Waals surface area (Å²) in [6, 6.07) is 15.3. The van der Waals surface area contributed by atoms with Gasteiger partial charge < -0.3 is 15.5 Å². The normalized spacial score (nSPS) is 17.1. The van der Waals surface area contributed by atoms with E-state index in [0.717, 1.165) is 49.7 Å². The van der Waals surface area contributed by atoms with E-state index in [4.69, 9.17) is 11.6 Å². The van der Waals surface area contributed by atoms with Gasteiger partial charge in [-0.3, -0.25) is 14.5 Å². The van der Waals surface area contributed by atoms with Gasteiger partial charge in [-0.05, 0) is 43.2 Å². The maximum absolute atomic E-state index is 12.6. The van der Waals surface area contributed by atoms with Crippen LogP contribution >= 0.6 is 11.6 Å². The van der Waals surface area contributed by atoms with Crippen LogP contribution in [0.15, 0.2) is 48.5 Å². The van der Waals surface area contributed by atoms with Gasteiger partial charge in [0.25, 0.3) is 5.91 Å². The van der Waals surface area contributed by atoms with E-state index in [9.17, 15) is 9.59 Å². The number of halogens is 1. The summed E-state index contributed by atoms with van der Waals surface area (Å²) in [5.41, 5.74) is 2.18. The van der Waals surface area contributed by atoms with Crippen LogP contribution in [0.5, 0.6) is 0 Å². The molecule has 1 aliphatic carbocycles. The summed E-state index contributed by atoms with van der Waals surface area (Å²) < 4.78 is 0. The summed E-state index contributed by atoms with van der Waals surface area (Å²) in [7, 11) is 0. The summed E-state index contributed by atoms with van der Waals surface area (Å²) in [4.78, 5) is 29.4. The zero-order valence-corrected chi connectivity index (χ0v) is 17.0. The van der Waals surface area contributed by atoms with Gasteiger partial charge in [-0.1, -0.05) is 29.8 Å². The third-order valence-electron chi connectivity index (χ3n) is 5.27. The number of carbonyl (C=O) groups is 2. The van der Waals surface area contributed by atoms with Crippen molar-refractivity contribution in [2.24, 2.45) is 0 Å². The molecule has 0 atom stereocenters. The molecule has 0 unspecified atom stereocenters. The third-order valence-corrected chi connectivity index (χ3v) is 5.51. The molecule has 1 saturated carbocycles. The predicted octanol–water partition coefficient (Wildman–Crippen LogP) is 2.99. The molecule has 1 saturated heterocycles. The minimum atomic E-state index is -0.126. The molecule has 29 heavy (non-hydrogen) atoms. The minimum Gasteiger partial charge on any atom is -0.369 e. The number of hydrogen-bond donors (Lipinski definition) is 2. The highest BCUT2D eigenvalue weighted by Gasteiger charge is 2.25. The van der Waals surface area contributed by atoms with Gasteiger partial charge in [0.1, 0.15) is 0 Å². The van der Waals surface area contributed by atoms with E-state index in [1.54, 1.807) is 12.1 Å². The average molecular weight is 413 g/mol. The van der Waals surface area contributed by atoms with E-state index in [0.29, 0.717) is 17.8 Å². The fourth-order valence-corrected chi connectivity index (χ4v) is 3.70. The zero-order chi connectivity index (χ0) is 20.2. The molecule has 7 heteroatoms. The maximum Gasteiger partial charge on any atom is 0.253 e. The second-order valence-electron chi connectivity index (χ2n) is 7.58. The van der Waals surface area contributed by atoms with Crippen molar-refractivity contribution >= 4 is 34.8 Å². The van der Waals surface area contributed by atoms with E-state index < -0.39 is 0 Å². The highest BCUT2D eigenvalue weighted by molar-refractivity contribution is 6.30. The van der Waals surface area contributed by atoms with Crippen LogP contribution in [0.1, 0.15) is 23.2 Å². The Kier molecular flexibility index (Phi) is 6.02. The molecule has 0 bridgehead atoms. The Balaban J connectivity index is 1.30. The molecular weight excluding hydrogens is 388 g/mol. The lowest BCUT2D eigenvalue weighted by Gasteiger charge is -2.35. The largest absolute Gasteiger partial charge is 0.369 e. The summed E-state index contributed by atoms with van der Waals surface area (Å²) in [6.07, 6.45) is 2.06. The van der Waals surface area contributed by atoms with Crippen molar-refractivity contribution in [3.05, 3.63) is 59.1 Å². The maximum atomic E-state index is 12.6. The number of anilines is 2. The van der Waals surface area contributed by atoms with Crippen molar-refractivity contribution in [1.29, 1.82) is 0 Å². The number of piperazine rings is 1. The molecule has 2 N–H and O–H groups in total. The lowest BCUT2D eigenvalue weighted by atomic mass is 10.1. The zero-order valence-electron chi connectivity index (χ0n) is 16.2. The van der Waals surface area contributed by atoms with Crippen molar-refractivity contribution in [2.45, 2.75) is 18.9 Å². The Morgan fingerprint density at radius 3 is 2.48 bits per heavy atom. The van der Waals surface area contributed by atoms with Crippen LogP contribution < -0.4 is 15.5 Å². The molecule has 1 aliphatic heterocycles. The van der Waals surface area contributed by atoms with Crippen molar-refractivity contribution in [1.82, 2.24) is 10.2 Å². The average Bonchev–Trinajstić information content (AvgIpc) is 3.53. The number of rotatable bonds is 6. The number of nitrogens with one attached hydrogen (secondary N) is 2. The molecule has 2 aromatic rings. The number of carbonyl (C=O) groups excluding carboxylic acids is 2. The van der Waals surface area contributed by atoms with Crippen LogP contribution in [0.3, 0.4) is 0 Å². The van der Waals surface area contributed by atoms with Crippen molar-refractivity contribution in [2.75, 3.05) is 42.9 Å². The van der Waals surface area contributed by atoms with Crippen LogP contribution in [0.4, 0.5) is 11.4 Å². The number of nitrogens with zero attached hydrogens (tertiary/aromatic N) is 2. The van der Waals surface area contributed by atoms with Gasteiger partial charge in [0, 0.05) is 42.9 Å². The minimum absolute atomic E-state index is 0.104. The molecule has 0 spiro atoms. The standard InChI is InChI=1S/C22H25ClN4O2/c23-16-4-3-5-18(14-16)27-12-10-26(11-13-27)15-21(28)25-20-7-2-1-6-19(20)22(29)24-17-8-9-17/h1-7,14,17H,8-13,15H2,(H,24,29)(H,25,28). The summed E-state index contributed by atoms with van der Waals surface area (Å²) >= 11 is 6.09. The molecule has 2 amide bonds. The van der Waals surface area contributed by atoms with Crippen molar-refractivity contribution in [3.63, 3.8) is 0 Å². The lowest BCUT2D eigenvalue weighted by molar-refractivity contribution is -0.117. The van der Waals surface area contributed by atoms with Gasteiger partial charge in [-0.15, -0.1) is 0 Å². The molecule has 4 rings (SSSR count). The highest BCUT2D eigenvalue weighted by atomic mass is 35.5. The van der Waals surface area contributed by atoms with Gasteiger partial charge in [-0.25, -0.2) is 0 Å². The van der Waals surface area contributed by atoms with E-state index in [2.05, 4.69) is 26.5 Å². The molecule has 2 fully saturated rings. The monoisotopic (exact) mass is 412 g/mol. The van der Waals surface area contributed by atoms with Crippen LogP contribution in [-0.4, -0.2) is 55.5 Å². The van der Waals surface area contributed by atoms with Crippen molar-refractivity contribution < 1.29 is 9.59 Å². The van der Waals surface area contributed by atoms with E-state index in [1.807, 2.05) is 30.3 Å². The molecule has 0 radical (unpaired) electrons. The van der Waals surface area contributed by atoms with E-state index in [-0.39, 0.29) is 17.9 Å². The molecule has 6 nitrogen and oxygen atoms in total. The van der Waals surface area contributed by atoms with E-state index in [1.165, 1.54) is 0 Å². The van der Waals surface area contributed by atoms with Gasteiger partial charge in [0.15, 0.2) is 0 Å². The summed E-state index contributed by atoms with van der Waals surface area (Å²) in [6.45, 7) is 3.58. The van der Waals surface area contributed by atoms with Crippen LogP contribution in [0, 0.1) is 0 Å². The second kappa shape index (κ2) is 8.84. The van der Waals surface area contributed by atoms with Crippen LogP contribution in [0.25, 0.3) is 0 Å². The molecular formula is C22H25ClN4O2. The van der Waals surface area contributed by atoms with Gasteiger partial charge >= 0.3 is 0 Å². The van der Waals surface area contributed by atoms with Crippen molar-refractivity contribution in [3.8, 4) is 0 Å². The SMILES string of the molecule is O=C(CN1CCN(c2cccc(Cl)c2)CC1)Nc1ccccc1C(=O)NC1CC1. The van der Waals surface area contributed by atoms with Crippen LogP contribution in [-0.2, 0) is 4.79 Å². The Hall–Kier alpha value is -2.57. The molecule has 2 aromatic carbocycles. The molecule has 152 valence electrons. The first-order valence-corrected chi connectivity index (χ1v) is 10.4. The van der Waals surface area contributed by atoms with Gasteiger partial charge in [0.2, 0.25) is 5.91 Å². The topological polar surface area (TPSA) is 64.7 Å². The number of hydrogen-bond acceptors (Lipinski definition) is 4. The summed E-state index contributed by atoms with van der Waals surface area (Å²) in [5, 5.41) is 6.61. The Morgan fingerprint density at radius 2 is 1.76 bits per heavy atom. The number of amides is 2. The fraction of sp³-hybridized carbons (Fsp3) is 0.364. The summed E-state index contributed by atoms with van der Waals surface area (Å²) in [5.74, 6) is -0.230. The third kappa shape index (κ3) is 5.28. The predicted molar refractivity (Wildman–Crippen MR) is 116 cm³/mol. The number of para-hydroxylation sites is 1. The van der Waals surface area contributed by atoms with E-state index >= 15 is 0 Å². The second-order valence-corrected chi connectivity index (χ2v) is 8.02. The lowest BCUT2D eigenvalue weighted by Crippen LogP contribution is -2.48. The molecule has 1 heterocycles. The Morgan fingerprint density at radius 1 is 1.00 bits per heavy atom. The fourth-order valence-electron chi connectivity index (χ4n) is 3.51. The first-order valence-electron chi connectivity index (χ1n) is 10.0. The first-order chi connectivity index (χ1) is 14.1. The van der Waals surface area contributed by atoms with Crippen LogP contribution in [0.2, 0.25) is 5.02 Å². The first kappa shape index (κ1) is 19.7. The Bertz CT molecular complexity index is 892. The van der Waals surface area contributed by atoms with Gasteiger partial charge in [0.05, 0.1) is 17.8 Å². The van der Waals surface area contributed by atoms with Gasteiger partial charge in [-0.2, -0.15) is 0 Å². The molecule has 0 aromatic heterocycles. The molecule has 2 aliphatic rings.